The fourth-order valence-electron chi connectivity index (χ4n) is 3.18. The number of ketones is 2. The lowest BCUT2D eigenvalue weighted by atomic mass is 9.82. The Kier molecular flexibility index (Phi) is 3.93. The first-order valence-corrected chi connectivity index (χ1v) is 8.22. The molecule has 132 valence electrons. The number of carbonyl (C=O) groups excluding carboxylic acids is 3. The van der Waals surface area contributed by atoms with Gasteiger partial charge in [-0.05, 0) is 36.4 Å². The van der Waals surface area contributed by atoms with Gasteiger partial charge in [-0.2, -0.15) is 0 Å². The van der Waals surface area contributed by atoms with Crippen LogP contribution in [-0.4, -0.2) is 23.1 Å². The van der Waals surface area contributed by atoms with Crippen molar-refractivity contribution < 1.29 is 19.5 Å². The minimum atomic E-state index is -0.383. The zero-order valence-electron chi connectivity index (χ0n) is 14.0. The first-order valence-electron chi connectivity index (χ1n) is 8.22. The molecule has 0 fully saturated rings. The number of amides is 1. The van der Waals surface area contributed by atoms with Gasteiger partial charge in [-0.1, -0.05) is 24.3 Å². The predicted molar refractivity (Wildman–Crippen MR) is 101 cm³/mol. The molecule has 3 N–H and O–H groups in total. The van der Waals surface area contributed by atoms with Crippen LogP contribution in [0.2, 0.25) is 0 Å². The van der Waals surface area contributed by atoms with Crippen LogP contribution in [0.3, 0.4) is 0 Å². The molecule has 3 aromatic rings. The third kappa shape index (κ3) is 2.73. The fraction of sp³-hybridized carbons (Fsp3) is 0. The first-order chi connectivity index (χ1) is 13.1. The number of hydrogen-bond acceptors (Lipinski definition) is 5. The monoisotopic (exact) mass is 358 g/mol. The summed E-state index contributed by atoms with van der Waals surface area (Å²) in [4.78, 5) is 36.3. The van der Waals surface area contributed by atoms with Crippen molar-refractivity contribution in [3.8, 4) is 5.75 Å². The van der Waals surface area contributed by atoms with Crippen molar-refractivity contribution in [2.24, 2.45) is 0 Å². The van der Waals surface area contributed by atoms with Crippen LogP contribution in [-0.2, 0) is 4.79 Å². The summed E-state index contributed by atoms with van der Waals surface area (Å²) in [5.41, 5.74) is 2.46. The molecule has 0 heterocycles. The van der Waals surface area contributed by atoms with Crippen LogP contribution in [0.4, 0.5) is 17.1 Å². The number of fused-ring (bicyclic) bond motifs is 2. The van der Waals surface area contributed by atoms with Gasteiger partial charge in [0.15, 0.2) is 11.6 Å². The lowest BCUT2D eigenvalue weighted by molar-refractivity contribution is -0.105. The molecule has 0 spiro atoms. The second-order valence-corrected chi connectivity index (χ2v) is 6.05. The van der Waals surface area contributed by atoms with Crippen molar-refractivity contribution in [3.63, 3.8) is 0 Å². The van der Waals surface area contributed by atoms with E-state index in [0.29, 0.717) is 29.0 Å². The van der Waals surface area contributed by atoms with E-state index in [1.165, 1.54) is 6.07 Å². The van der Waals surface area contributed by atoms with Crippen molar-refractivity contribution in [2.75, 3.05) is 10.6 Å². The summed E-state index contributed by atoms with van der Waals surface area (Å²) in [6.07, 6.45) is 0.584. The minimum Gasteiger partial charge on any atom is -0.507 e. The van der Waals surface area contributed by atoms with Crippen molar-refractivity contribution in [2.45, 2.75) is 0 Å². The molecule has 6 nitrogen and oxygen atoms in total. The summed E-state index contributed by atoms with van der Waals surface area (Å²) in [5.74, 6) is -0.932. The quantitative estimate of drug-likeness (QED) is 0.383. The van der Waals surface area contributed by atoms with E-state index in [2.05, 4.69) is 10.6 Å². The van der Waals surface area contributed by atoms with Gasteiger partial charge in [-0.3, -0.25) is 14.4 Å². The van der Waals surface area contributed by atoms with Crippen LogP contribution >= 0.6 is 0 Å². The average Bonchev–Trinajstić information content (AvgIpc) is 2.69. The van der Waals surface area contributed by atoms with Crippen molar-refractivity contribution >= 4 is 35.0 Å². The minimum absolute atomic E-state index is 0.00272. The molecule has 0 atom stereocenters. The first kappa shape index (κ1) is 16.5. The van der Waals surface area contributed by atoms with E-state index in [0.717, 1.165) is 0 Å². The molecular weight excluding hydrogens is 344 g/mol. The van der Waals surface area contributed by atoms with E-state index in [1.807, 2.05) is 0 Å². The highest BCUT2D eigenvalue weighted by molar-refractivity contribution is 6.31. The molecule has 0 aliphatic heterocycles. The summed E-state index contributed by atoms with van der Waals surface area (Å²) in [7, 11) is 0. The highest BCUT2D eigenvalue weighted by atomic mass is 16.3. The van der Waals surface area contributed by atoms with Crippen molar-refractivity contribution in [1.82, 2.24) is 0 Å². The predicted octanol–water partition coefficient (Wildman–Crippen LogP) is 3.48. The normalized spacial score (nSPS) is 12.1. The topological polar surface area (TPSA) is 95.5 Å². The molecule has 1 amide bonds. The van der Waals surface area contributed by atoms with Gasteiger partial charge >= 0.3 is 0 Å². The van der Waals surface area contributed by atoms with Gasteiger partial charge < -0.3 is 15.7 Å². The smallest absolute Gasteiger partial charge is 0.211 e. The number of rotatable bonds is 4. The molecule has 4 rings (SSSR count). The second-order valence-electron chi connectivity index (χ2n) is 6.05. The largest absolute Gasteiger partial charge is 0.507 e. The van der Waals surface area contributed by atoms with Gasteiger partial charge in [0.2, 0.25) is 6.41 Å². The molecule has 0 unspecified atom stereocenters. The van der Waals surface area contributed by atoms with Crippen LogP contribution in [0.25, 0.3) is 0 Å². The number of benzene rings is 3. The Morgan fingerprint density at radius 1 is 0.741 bits per heavy atom. The zero-order valence-corrected chi connectivity index (χ0v) is 14.0. The molecule has 0 aromatic heterocycles. The number of phenolic OH excluding ortho intramolecular Hbond substituents is 1. The van der Waals surface area contributed by atoms with Gasteiger partial charge in [0.25, 0.3) is 0 Å². The summed E-state index contributed by atoms with van der Waals surface area (Å²) < 4.78 is 0. The van der Waals surface area contributed by atoms with Gasteiger partial charge in [-0.15, -0.1) is 0 Å². The molecule has 0 saturated carbocycles. The van der Waals surface area contributed by atoms with E-state index in [9.17, 15) is 19.5 Å². The Balaban J connectivity index is 1.79. The lowest BCUT2D eigenvalue weighted by Gasteiger charge is -2.21. The summed E-state index contributed by atoms with van der Waals surface area (Å²) >= 11 is 0. The molecule has 27 heavy (non-hydrogen) atoms. The van der Waals surface area contributed by atoms with E-state index >= 15 is 0 Å². The molecule has 0 radical (unpaired) electrons. The Bertz CT molecular complexity index is 1090. The third-order valence-electron chi connectivity index (χ3n) is 4.44. The van der Waals surface area contributed by atoms with Gasteiger partial charge in [0, 0.05) is 22.5 Å². The zero-order chi connectivity index (χ0) is 19.0. The Morgan fingerprint density at radius 2 is 1.33 bits per heavy atom. The summed E-state index contributed by atoms with van der Waals surface area (Å²) in [6.45, 7) is 0. The molecule has 0 bridgehead atoms. The van der Waals surface area contributed by atoms with E-state index < -0.39 is 0 Å². The Hall–Kier alpha value is -3.93. The van der Waals surface area contributed by atoms with Crippen LogP contribution in [0.5, 0.6) is 5.75 Å². The van der Waals surface area contributed by atoms with Crippen LogP contribution < -0.4 is 10.6 Å². The van der Waals surface area contributed by atoms with Crippen LogP contribution in [0.15, 0.2) is 60.7 Å². The SMILES string of the molecule is O=CNc1ccc(Nc2ccc(O)c3c2C(=O)c2ccccc2C3=O)cc1. The number of nitrogens with one attached hydrogen (secondary N) is 2. The van der Waals surface area contributed by atoms with E-state index in [4.69, 9.17) is 0 Å². The Morgan fingerprint density at radius 3 is 1.96 bits per heavy atom. The number of carbonyl (C=O) groups is 3. The van der Waals surface area contributed by atoms with Gasteiger partial charge in [0.1, 0.15) is 5.75 Å². The fourth-order valence-corrected chi connectivity index (χ4v) is 3.18. The highest BCUT2D eigenvalue weighted by Gasteiger charge is 2.33. The maximum absolute atomic E-state index is 13.0. The van der Waals surface area contributed by atoms with Crippen LogP contribution in [0, 0.1) is 0 Å². The number of aromatic hydroxyl groups is 1. The number of hydrogen-bond donors (Lipinski definition) is 3. The maximum Gasteiger partial charge on any atom is 0.211 e. The van der Waals surface area contributed by atoms with Crippen LogP contribution in [0.1, 0.15) is 31.8 Å². The van der Waals surface area contributed by atoms with Crippen molar-refractivity contribution in [1.29, 1.82) is 0 Å². The number of anilines is 3. The maximum atomic E-state index is 13.0. The van der Waals surface area contributed by atoms with Crippen molar-refractivity contribution in [3.05, 3.63) is 82.9 Å². The molecule has 0 saturated heterocycles. The Labute approximate surface area is 154 Å². The van der Waals surface area contributed by atoms with Gasteiger partial charge in [-0.25, -0.2) is 0 Å². The average molecular weight is 358 g/mol. The molecule has 6 heteroatoms. The summed E-state index contributed by atoms with van der Waals surface area (Å²) in [6, 6.07) is 16.4. The summed E-state index contributed by atoms with van der Waals surface area (Å²) in [5, 5.41) is 15.9. The standard InChI is InChI=1S/C21H14N2O4/c24-11-22-12-5-7-13(8-6-12)23-16-9-10-17(25)19-18(16)20(26)14-3-1-2-4-15(14)21(19)27/h1-11,23,25H,(H,22,24). The molecule has 1 aliphatic rings. The van der Waals surface area contributed by atoms with E-state index in [1.54, 1.807) is 54.6 Å². The third-order valence-corrected chi connectivity index (χ3v) is 4.44. The molecular formula is C21H14N2O4. The second kappa shape index (κ2) is 6.42. The molecule has 3 aromatic carbocycles. The lowest BCUT2D eigenvalue weighted by Crippen LogP contribution is -2.22. The van der Waals surface area contributed by atoms with E-state index in [-0.39, 0.29) is 34.0 Å². The molecule has 1 aliphatic carbocycles. The number of phenols is 1. The van der Waals surface area contributed by atoms with Gasteiger partial charge in [0.05, 0.1) is 16.8 Å². The highest BCUT2D eigenvalue weighted by Crippen LogP contribution is 2.38.